The van der Waals surface area contributed by atoms with Crippen molar-refractivity contribution in [3.05, 3.63) is 64.5 Å². The maximum Gasteiger partial charge on any atom is 0.337 e. The molecule has 1 aromatic carbocycles. The predicted molar refractivity (Wildman–Crippen MR) is 99.1 cm³/mol. The van der Waals surface area contributed by atoms with Gasteiger partial charge in [0.15, 0.2) is 0 Å². The van der Waals surface area contributed by atoms with Crippen molar-refractivity contribution in [3.8, 4) is 0 Å². The zero-order chi connectivity index (χ0) is 18.7. The van der Waals surface area contributed by atoms with E-state index in [2.05, 4.69) is 28.9 Å². The monoisotopic (exact) mass is 352 g/mol. The van der Waals surface area contributed by atoms with Crippen LogP contribution in [0.5, 0.6) is 0 Å². The molecule has 1 amide bonds. The van der Waals surface area contributed by atoms with Crippen LogP contribution in [0.15, 0.2) is 36.5 Å². The van der Waals surface area contributed by atoms with E-state index in [-0.39, 0.29) is 11.9 Å². The number of hydrogen-bond donors (Lipinski definition) is 1. The molecule has 1 aliphatic carbocycles. The Morgan fingerprint density at radius 3 is 2.62 bits per heavy atom. The lowest BCUT2D eigenvalue weighted by Gasteiger charge is -2.14. The second kappa shape index (κ2) is 7.68. The molecule has 1 heterocycles. The molecule has 136 valence electrons. The van der Waals surface area contributed by atoms with Crippen molar-refractivity contribution in [3.63, 3.8) is 0 Å². The molecule has 0 fully saturated rings. The van der Waals surface area contributed by atoms with Crippen LogP contribution in [0.4, 0.5) is 0 Å². The van der Waals surface area contributed by atoms with Gasteiger partial charge >= 0.3 is 5.97 Å². The van der Waals surface area contributed by atoms with Crippen LogP contribution < -0.4 is 5.32 Å². The van der Waals surface area contributed by atoms with Crippen molar-refractivity contribution in [1.82, 2.24) is 10.3 Å². The van der Waals surface area contributed by atoms with Gasteiger partial charge < -0.3 is 10.1 Å². The molecule has 0 bridgehead atoms. The van der Waals surface area contributed by atoms with Gasteiger partial charge in [0, 0.05) is 24.4 Å². The lowest BCUT2D eigenvalue weighted by Crippen LogP contribution is -2.23. The van der Waals surface area contributed by atoms with E-state index in [4.69, 9.17) is 0 Å². The molecule has 1 N–H and O–H groups in total. The average molecular weight is 352 g/mol. The van der Waals surface area contributed by atoms with Crippen LogP contribution >= 0.6 is 0 Å². The Bertz CT molecular complexity index is 813. The van der Waals surface area contributed by atoms with Crippen molar-refractivity contribution in [2.24, 2.45) is 5.92 Å². The molecule has 0 radical (unpaired) electrons. The van der Waals surface area contributed by atoms with E-state index in [1.54, 1.807) is 30.5 Å². The van der Waals surface area contributed by atoms with Gasteiger partial charge in [-0.3, -0.25) is 9.78 Å². The molecule has 3 rings (SSSR count). The largest absolute Gasteiger partial charge is 0.465 e. The number of aryl methyl sites for hydroxylation is 1. The Balaban J connectivity index is 1.63. The molecule has 2 aromatic rings. The fraction of sp³-hybridized carbons (Fsp3) is 0.381. The summed E-state index contributed by atoms with van der Waals surface area (Å²) in [5, 5.41) is 2.91. The number of nitrogens with zero attached hydrogens (tertiary/aromatic N) is 1. The zero-order valence-electron chi connectivity index (χ0n) is 15.4. The van der Waals surface area contributed by atoms with Gasteiger partial charge in [-0.15, -0.1) is 0 Å². The molecule has 1 atom stereocenters. The SMILES string of the molecule is COC(=O)c1ccc(CNC(=O)c2cnc3c(c2)CC[C@H]3C(C)C)cc1. The molecule has 0 spiro atoms. The standard InChI is InChI=1S/C21H24N2O3/c1-13(2)18-9-8-16-10-17(12-22-19(16)18)20(24)23-11-14-4-6-15(7-5-14)21(25)26-3/h4-7,10,12-13,18H,8-9,11H2,1-3H3,(H,23,24)/t18-/m0/s1. The number of benzene rings is 1. The van der Waals surface area contributed by atoms with E-state index < -0.39 is 0 Å². The van der Waals surface area contributed by atoms with E-state index in [1.807, 2.05) is 6.07 Å². The highest BCUT2D eigenvalue weighted by atomic mass is 16.5. The summed E-state index contributed by atoms with van der Waals surface area (Å²) in [6, 6.07) is 8.97. The minimum atomic E-state index is -0.371. The summed E-state index contributed by atoms with van der Waals surface area (Å²) in [4.78, 5) is 28.4. The van der Waals surface area contributed by atoms with Gasteiger partial charge in [0.25, 0.3) is 5.91 Å². The summed E-state index contributed by atoms with van der Waals surface area (Å²) in [6.45, 7) is 4.83. The van der Waals surface area contributed by atoms with E-state index in [1.165, 1.54) is 12.7 Å². The van der Waals surface area contributed by atoms with Crippen LogP contribution in [0, 0.1) is 5.92 Å². The molecule has 26 heavy (non-hydrogen) atoms. The zero-order valence-corrected chi connectivity index (χ0v) is 15.4. The van der Waals surface area contributed by atoms with Gasteiger partial charge in [-0.2, -0.15) is 0 Å². The fourth-order valence-electron chi connectivity index (χ4n) is 3.44. The Kier molecular flexibility index (Phi) is 5.35. The van der Waals surface area contributed by atoms with Crippen molar-refractivity contribution >= 4 is 11.9 Å². The Morgan fingerprint density at radius 1 is 1.23 bits per heavy atom. The van der Waals surface area contributed by atoms with Gasteiger partial charge in [0.1, 0.15) is 0 Å². The second-order valence-corrected chi connectivity index (χ2v) is 7.03. The highest BCUT2D eigenvalue weighted by Crippen LogP contribution is 2.36. The summed E-state index contributed by atoms with van der Waals surface area (Å²) < 4.78 is 4.68. The van der Waals surface area contributed by atoms with Crippen LogP contribution in [0.1, 0.15) is 63.7 Å². The van der Waals surface area contributed by atoms with Gasteiger partial charge in [-0.1, -0.05) is 26.0 Å². The number of amides is 1. The Morgan fingerprint density at radius 2 is 1.96 bits per heavy atom. The van der Waals surface area contributed by atoms with Crippen LogP contribution in [-0.4, -0.2) is 24.0 Å². The third-order valence-electron chi connectivity index (χ3n) is 4.97. The second-order valence-electron chi connectivity index (χ2n) is 7.03. The summed E-state index contributed by atoms with van der Waals surface area (Å²) in [6.07, 6.45) is 3.77. The van der Waals surface area contributed by atoms with Gasteiger partial charge in [0.2, 0.25) is 0 Å². The number of aromatic nitrogens is 1. The molecule has 0 saturated heterocycles. The van der Waals surface area contributed by atoms with Crippen LogP contribution in [0.2, 0.25) is 0 Å². The lowest BCUT2D eigenvalue weighted by molar-refractivity contribution is 0.0600. The number of hydrogen-bond acceptors (Lipinski definition) is 4. The lowest BCUT2D eigenvalue weighted by atomic mass is 9.93. The highest BCUT2D eigenvalue weighted by Gasteiger charge is 2.27. The summed E-state index contributed by atoms with van der Waals surface area (Å²) in [7, 11) is 1.35. The van der Waals surface area contributed by atoms with Crippen LogP contribution in [0.3, 0.4) is 0 Å². The van der Waals surface area contributed by atoms with Gasteiger partial charge in [-0.25, -0.2) is 4.79 Å². The van der Waals surface area contributed by atoms with E-state index >= 15 is 0 Å². The van der Waals surface area contributed by atoms with E-state index in [0.717, 1.165) is 24.1 Å². The first kappa shape index (κ1) is 18.1. The fourth-order valence-corrected chi connectivity index (χ4v) is 3.44. The molecule has 0 saturated carbocycles. The predicted octanol–water partition coefficient (Wildman–Crippen LogP) is 3.48. The van der Waals surface area contributed by atoms with Crippen LogP contribution in [0.25, 0.3) is 0 Å². The van der Waals surface area contributed by atoms with Crippen LogP contribution in [-0.2, 0) is 17.7 Å². The number of ether oxygens (including phenoxy) is 1. The summed E-state index contributed by atoms with van der Waals surface area (Å²) >= 11 is 0. The Labute approximate surface area is 153 Å². The molecule has 0 aliphatic heterocycles. The van der Waals surface area contributed by atoms with Gasteiger partial charge in [0.05, 0.1) is 18.2 Å². The van der Waals surface area contributed by atoms with Crippen molar-refractivity contribution in [2.75, 3.05) is 7.11 Å². The molecule has 5 heteroatoms. The first-order valence-corrected chi connectivity index (χ1v) is 8.94. The van der Waals surface area contributed by atoms with Crippen molar-refractivity contribution < 1.29 is 14.3 Å². The third kappa shape index (κ3) is 3.77. The Hall–Kier alpha value is -2.69. The minimum absolute atomic E-state index is 0.134. The molecule has 1 aromatic heterocycles. The maximum atomic E-state index is 12.4. The summed E-state index contributed by atoms with van der Waals surface area (Å²) in [5.41, 5.74) is 4.35. The van der Waals surface area contributed by atoms with E-state index in [9.17, 15) is 9.59 Å². The number of carbonyl (C=O) groups excluding carboxylic acids is 2. The number of methoxy groups -OCH3 is 1. The van der Waals surface area contributed by atoms with Crippen molar-refractivity contribution in [1.29, 1.82) is 0 Å². The molecule has 5 nitrogen and oxygen atoms in total. The quantitative estimate of drug-likeness (QED) is 0.837. The number of rotatable bonds is 5. The topological polar surface area (TPSA) is 68.3 Å². The highest BCUT2D eigenvalue weighted by molar-refractivity contribution is 5.94. The first-order chi connectivity index (χ1) is 12.5. The molecular weight excluding hydrogens is 328 g/mol. The number of pyridine rings is 1. The summed E-state index contributed by atoms with van der Waals surface area (Å²) in [5.74, 6) is 0.557. The minimum Gasteiger partial charge on any atom is -0.465 e. The first-order valence-electron chi connectivity index (χ1n) is 8.94. The average Bonchev–Trinajstić information content (AvgIpc) is 3.09. The van der Waals surface area contributed by atoms with E-state index in [0.29, 0.717) is 29.5 Å². The number of nitrogens with one attached hydrogen (secondary N) is 1. The number of esters is 1. The smallest absolute Gasteiger partial charge is 0.337 e. The number of carbonyl (C=O) groups is 2. The normalized spacial score (nSPS) is 15.6. The van der Waals surface area contributed by atoms with Crippen molar-refractivity contribution in [2.45, 2.75) is 39.2 Å². The number of fused-ring (bicyclic) bond motifs is 1. The molecule has 1 aliphatic rings. The third-order valence-corrected chi connectivity index (χ3v) is 4.97. The molecular formula is C21H24N2O3. The van der Waals surface area contributed by atoms with Gasteiger partial charge in [-0.05, 0) is 48.1 Å². The maximum absolute atomic E-state index is 12.4. The molecule has 0 unspecified atom stereocenters.